The summed E-state index contributed by atoms with van der Waals surface area (Å²) in [5, 5.41) is 0. The minimum atomic E-state index is 0.460. The number of rotatable bonds is 3. The van der Waals surface area contributed by atoms with Crippen molar-refractivity contribution >= 4 is 6.29 Å². The van der Waals surface area contributed by atoms with E-state index in [9.17, 15) is 4.79 Å². The van der Waals surface area contributed by atoms with Crippen LogP contribution in [-0.4, -0.2) is 22.9 Å². The molecule has 0 unspecified atom stereocenters. The van der Waals surface area contributed by atoms with Crippen LogP contribution in [0.1, 0.15) is 21.6 Å². The fourth-order valence-corrected chi connectivity index (χ4v) is 2.30. The fourth-order valence-electron chi connectivity index (χ4n) is 2.30. The van der Waals surface area contributed by atoms with E-state index in [1.54, 1.807) is 13.4 Å². The van der Waals surface area contributed by atoms with Crippen molar-refractivity contribution in [2.45, 2.75) is 13.8 Å². The SMILES string of the molecule is COc1c(C)cc(-c2c(C=O)ncn2C)cc1C. The predicted octanol–water partition coefficient (Wildman–Crippen LogP) is 2.53. The van der Waals surface area contributed by atoms with Crippen LogP contribution in [0, 0.1) is 13.8 Å². The zero-order valence-corrected chi connectivity index (χ0v) is 11.0. The number of aromatic nitrogens is 2. The number of carbonyl (C=O) groups is 1. The number of aryl methyl sites for hydroxylation is 3. The monoisotopic (exact) mass is 244 g/mol. The zero-order chi connectivity index (χ0) is 13.3. The second-order valence-electron chi connectivity index (χ2n) is 4.35. The van der Waals surface area contributed by atoms with Crippen molar-refractivity contribution in [3.63, 3.8) is 0 Å². The lowest BCUT2D eigenvalue weighted by atomic mass is 10.0. The van der Waals surface area contributed by atoms with Crippen LogP contribution in [0.3, 0.4) is 0 Å². The van der Waals surface area contributed by atoms with E-state index >= 15 is 0 Å². The molecule has 0 bridgehead atoms. The van der Waals surface area contributed by atoms with Crippen molar-refractivity contribution in [1.82, 2.24) is 9.55 Å². The number of aldehydes is 1. The summed E-state index contributed by atoms with van der Waals surface area (Å²) in [5.41, 5.74) is 4.37. The van der Waals surface area contributed by atoms with Gasteiger partial charge >= 0.3 is 0 Å². The van der Waals surface area contributed by atoms with Gasteiger partial charge < -0.3 is 9.30 Å². The van der Waals surface area contributed by atoms with Gasteiger partial charge in [-0.3, -0.25) is 4.79 Å². The lowest BCUT2D eigenvalue weighted by molar-refractivity contribution is 0.112. The number of hydrogen-bond donors (Lipinski definition) is 0. The highest BCUT2D eigenvalue weighted by atomic mass is 16.5. The van der Waals surface area contributed by atoms with Gasteiger partial charge in [0.05, 0.1) is 19.1 Å². The van der Waals surface area contributed by atoms with Crippen molar-refractivity contribution in [2.75, 3.05) is 7.11 Å². The molecule has 4 heteroatoms. The van der Waals surface area contributed by atoms with Crippen molar-refractivity contribution < 1.29 is 9.53 Å². The maximum atomic E-state index is 11.0. The van der Waals surface area contributed by atoms with E-state index in [2.05, 4.69) is 4.98 Å². The Balaban J connectivity index is 2.65. The molecule has 0 saturated carbocycles. The second kappa shape index (κ2) is 4.64. The first kappa shape index (κ1) is 12.4. The molecular weight excluding hydrogens is 228 g/mol. The van der Waals surface area contributed by atoms with Gasteiger partial charge in [0.2, 0.25) is 0 Å². The van der Waals surface area contributed by atoms with Gasteiger partial charge in [-0.15, -0.1) is 0 Å². The topological polar surface area (TPSA) is 44.1 Å². The van der Waals surface area contributed by atoms with E-state index in [1.807, 2.05) is 37.6 Å². The van der Waals surface area contributed by atoms with Gasteiger partial charge in [0.1, 0.15) is 11.4 Å². The number of benzene rings is 1. The Kier molecular flexibility index (Phi) is 3.19. The van der Waals surface area contributed by atoms with Gasteiger partial charge in [0, 0.05) is 12.6 Å². The number of carbonyl (C=O) groups excluding carboxylic acids is 1. The number of hydrogen-bond acceptors (Lipinski definition) is 3. The van der Waals surface area contributed by atoms with Crippen LogP contribution < -0.4 is 4.74 Å². The Morgan fingerprint density at radius 1 is 1.28 bits per heavy atom. The lowest BCUT2D eigenvalue weighted by Gasteiger charge is -2.12. The van der Waals surface area contributed by atoms with Crippen LogP contribution in [0.15, 0.2) is 18.5 Å². The summed E-state index contributed by atoms with van der Waals surface area (Å²) < 4.78 is 7.19. The van der Waals surface area contributed by atoms with Crippen molar-refractivity contribution in [3.05, 3.63) is 35.3 Å². The summed E-state index contributed by atoms with van der Waals surface area (Å²) in [7, 11) is 3.54. The molecule has 0 aliphatic carbocycles. The van der Waals surface area contributed by atoms with E-state index in [0.29, 0.717) is 5.69 Å². The van der Waals surface area contributed by atoms with E-state index in [1.165, 1.54) is 0 Å². The summed E-state index contributed by atoms with van der Waals surface area (Å²) in [5.74, 6) is 0.883. The van der Waals surface area contributed by atoms with Crippen molar-refractivity contribution in [2.24, 2.45) is 7.05 Å². The summed E-state index contributed by atoms with van der Waals surface area (Å²) in [6.07, 6.45) is 2.43. The average molecular weight is 244 g/mol. The van der Waals surface area contributed by atoms with Gasteiger partial charge in [-0.05, 0) is 37.1 Å². The molecule has 0 spiro atoms. The molecule has 2 rings (SSSR count). The van der Waals surface area contributed by atoms with Gasteiger partial charge in [-0.2, -0.15) is 0 Å². The van der Waals surface area contributed by atoms with Gasteiger partial charge in [-0.1, -0.05) is 0 Å². The van der Waals surface area contributed by atoms with E-state index in [-0.39, 0.29) is 0 Å². The average Bonchev–Trinajstić information content (AvgIpc) is 2.70. The highest BCUT2D eigenvalue weighted by Crippen LogP contribution is 2.30. The smallest absolute Gasteiger partial charge is 0.170 e. The zero-order valence-electron chi connectivity index (χ0n) is 11.0. The standard InChI is InChI=1S/C14H16N2O2/c1-9-5-11(6-10(2)14(9)18-4)13-12(7-17)15-8-16(13)3/h5-8H,1-4H3. The molecule has 94 valence electrons. The summed E-state index contributed by atoms with van der Waals surface area (Å²) >= 11 is 0. The van der Waals surface area contributed by atoms with Crippen LogP contribution in [0.5, 0.6) is 5.75 Å². The number of nitrogens with zero attached hydrogens (tertiary/aromatic N) is 2. The Morgan fingerprint density at radius 3 is 2.39 bits per heavy atom. The minimum absolute atomic E-state index is 0.460. The van der Waals surface area contributed by atoms with Crippen LogP contribution in [-0.2, 0) is 7.05 Å². The van der Waals surface area contributed by atoms with Crippen LogP contribution in [0.4, 0.5) is 0 Å². The molecule has 1 heterocycles. The molecule has 0 saturated heterocycles. The highest BCUT2D eigenvalue weighted by Gasteiger charge is 2.13. The first-order valence-corrected chi connectivity index (χ1v) is 5.70. The highest BCUT2D eigenvalue weighted by molar-refractivity contribution is 5.84. The van der Waals surface area contributed by atoms with Crippen LogP contribution in [0.25, 0.3) is 11.3 Å². The maximum Gasteiger partial charge on any atom is 0.170 e. The van der Waals surface area contributed by atoms with E-state index in [0.717, 1.165) is 34.4 Å². The Bertz CT molecular complexity index is 577. The maximum absolute atomic E-state index is 11.0. The summed E-state index contributed by atoms with van der Waals surface area (Å²) in [4.78, 5) is 15.1. The summed E-state index contributed by atoms with van der Waals surface area (Å²) in [6.45, 7) is 3.98. The molecular formula is C14H16N2O2. The lowest BCUT2D eigenvalue weighted by Crippen LogP contribution is -1.97. The molecule has 0 radical (unpaired) electrons. The van der Waals surface area contributed by atoms with Crippen molar-refractivity contribution in [1.29, 1.82) is 0 Å². The first-order chi connectivity index (χ1) is 8.58. The van der Waals surface area contributed by atoms with Gasteiger partial charge in [0.25, 0.3) is 0 Å². The predicted molar refractivity (Wildman–Crippen MR) is 70.1 cm³/mol. The number of ether oxygens (including phenoxy) is 1. The largest absolute Gasteiger partial charge is 0.496 e. The fraction of sp³-hybridized carbons (Fsp3) is 0.286. The molecule has 4 nitrogen and oxygen atoms in total. The molecule has 0 fully saturated rings. The Hall–Kier alpha value is -2.10. The third-order valence-corrected chi connectivity index (χ3v) is 3.01. The molecule has 0 aliphatic rings. The molecule has 0 N–H and O–H groups in total. The van der Waals surface area contributed by atoms with Crippen LogP contribution >= 0.6 is 0 Å². The second-order valence-corrected chi connectivity index (χ2v) is 4.35. The van der Waals surface area contributed by atoms with Crippen molar-refractivity contribution in [3.8, 4) is 17.0 Å². The molecule has 18 heavy (non-hydrogen) atoms. The normalized spacial score (nSPS) is 10.4. The van der Waals surface area contributed by atoms with E-state index in [4.69, 9.17) is 4.74 Å². The molecule has 0 aliphatic heterocycles. The quantitative estimate of drug-likeness (QED) is 0.779. The molecule has 2 aromatic rings. The molecule has 0 atom stereocenters. The number of methoxy groups -OCH3 is 1. The Morgan fingerprint density at radius 2 is 1.89 bits per heavy atom. The number of imidazole rings is 1. The summed E-state index contributed by atoms with van der Waals surface area (Å²) in [6, 6.07) is 4.02. The third-order valence-electron chi connectivity index (χ3n) is 3.01. The van der Waals surface area contributed by atoms with Gasteiger partial charge in [-0.25, -0.2) is 4.98 Å². The third kappa shape index (κ3) is 1.90. The van der Waals surface area contributed by atoms with E-state index < -0.39 is 0 Å². The molecule has 0 amide bonds. The van der Waals surface area contributed by atoms with Crippen LogP contribution in [0.2, 0.25) is 0 Å². The Labute approximate surface area is 106 Å². The van der Waals surface area contributed by atoms with Gasteiger partial charge in [0.15, 0.2) is 6.29 Å². The molecule has 1 aromatic carbocycles. The minimum Gasteiger partial charge on any atom is -0.496 e. The molecule has 1 aromatic heterocycles. The first-order valence-electron chi connectivity index (χ1n) is 5.70.